The van der Waals surface area contributed by atoms with Gasteiger partial charge in [0.1, 0.15) is 12.6 Å². The lowest BCUT2D eigenvalue weighted by Gasteiger charge is -2.43. The van der Waals surface area contributed by atoms with Gasteiger partial charge in [-0.3, -0.25) is 14.5 Å². The number of rotatable bonds is 3. The molecule has 4 heterocycles. The summed E-state index contributed by atoms with van der Waals surface area (Å²) in [4.78, 5) is 41.8. The molecule has 3 aliphatic heterocycles. The van der Waals surface area contributed by atoms with Crippen LogP contribution in [-0.2, 0) is 22.7 Å². The number of benzene rings is 1. The van der Waals surface area contributed by atoms with Crippen molar-refractivity contribution in [3.05, 3.63) is 70.1 Å². The van der Waals surface area contributed by atoms with Crippen molar-refractivity contribution in [2.24, 2.45) is 5.92 Å². The molecule has 1 aromatic carbocycles. The fourth-order valence-electron chi connectivity index (χ4n) is 5.33. The van der Waals surface area contributed by atoms with E-state index in [-0.39, 0.29) is 29.9 Å². The molecule has 0 aliphatic carbocycles. The summed E-state index contributed by atoms with van der Waals surface area (Å²) in [6.07, 6.45) is 2.05. The third kappa shape index (κ3) is 3.84. The number of carbonyl (C=O) groups excluding carboxylic acids is 2. The molecule has 0 radical (unpaired) electrons. The van der Waals surface area contributed by atoms with E-state index in [1.54, 1.807) is 17.0 Å². The molecule has 3 aliphatic rings. The number of fused-ring (bicyclic) bond motifs is 4. The molecule has 2 bridgehead atoms. The number of likely N-dealkylation sites (tertiary alicyclic amines) is 2. The lowest BCUT2D eigenvalue weighted by molar-refractivity contribution is -0.138. The van der Waals surface area contributed by atoms with Crippen LogP contribution in [0.2, 0.25) is 0 Å². The molecule has 162 valence electrons. The average Bonchev–Trinajstić information content (AvgIpc) is 3.28. The predicted molar refractivity (Wildman–Crippen MR) is 114 cm³/mol. The Bertz CT molecular complexity index is 1030. The molecule has 0 saturated carbocycles. The van der Waals surface area contributed by atoms with Gasteiger partial charge < -0.3 is 14.2 Å². The highest BCUT2D eigenvalue weighted by Crippen LogP contribution is 2.36. The standard InChI is InChI=1S/C24H27N3O4/c28-22-10-4-8-20-19-12-18(14-27(20)22)13-25(15-19)23(29)21-9-5-11-26(21)24(30)31-16-17-6-2-1-3-7-17/h1-4,6-8,10,18-19,21H,5,9,11-16H2/t18-,19+,21-/m0/s1. The number of hydrogen-bond acceptors (Lipinski definition) is 4. The molecule has 5 rings (SSSR count). The summed E-state index contributed by atoms with van der Waals surface area (Å²) in [5.74, 6) is 0.455. The van der Waals surface area contributed by atoms with Gasteiger partial charge in [-0.05, 0) is 36.8 Å². The van der Waals surface area contributed by atoms with Crippen molar-refractivity contribution >= 4 is 12.0 Å². The van der Waals surface area contributed by atoms with Gasteiger partial charge in [0.15, 0.2) is 0 Å². The normalized spacial score (nSPS) is 24.6. The van der Waals surface area contributed by atoms with Gasteiger partial charge in [-0.25, -0.2) is 4.79 Å². The van der Waals surface area contributed by atoms with Crippen LogP contribution in [-0.4, -0.2) is 52.0 Å². The van der Waals surface area contributed by atoms with Crippen LogP contribution in [0.5, 0.6) is 0 Å². The van der Waals surface area contributed by atoms with E-state index in [0.29, 0.717) is 32.6 Å². The summed E-state index contributed by atoms with van der Waals surface area (Å²) in [6.45, 7) is 2.64. The smallest absolute Gasteiger partial charge is 0.410 e. The molecular formula is C24H27N3O4. The van der Waals surface area contributed by atoms with Gasteiger partial charge in [0, 0.05) is 43.9 Å². The number of aromatic nitrogens is 1. The van der Waals surface area contributed by atoms with Crippen molar-refractivity contribution in [2.75, 3.05) is 19.6 Å². The van der Waals surface area contributed by atoms with Gasteiger partial charge in [0.05, 0.1) is 0 Å². The van der Waals surface area contributed by atoms with Crippen LogP contribution in [0.25, 0.3) is 0 Å². The van der Waals surface area contributed by atoms with E-state index in [9.17, 15) is 14.4 Å². The summed E-state index contributed by atoms with van der Waals surface area (Å²) >= 11 is 0. The predicted octanol–water partition coefficient (Wildman–Crippen LogP) is 2.60. The molecule has 2 amide bonds. The van der Waals surface area contributed by atoms with E-state index in [1.165, 1.54) is 0 Å². The summed E-state index contributed by atoms with van der Waals surface area (Å²) in [5.41, 5.74) is 1.98. The van der Waals surface area contributed by atoms with E-state index >= 15 is 0 Å². The van der Waals surface area contributed by atoms with E-state index in [2.05, 4.69) is 0 Å². The first kappa shape index (κ1) is 19.8. The van der Waals surface area contributed by atoms with Crippen molar-refractivity contribution in [3.8, 4) is 0 Å². The highest BCUT2D eigenvalue weighted by Gasteiger charge is 2.42. The minimum atomic E-state index is -0.458. The summed E-state index contributed by atoms with van der Waals surface area (Å²) in [6, 6.07) is 14.5. The van der Waals surface area contributed by atoms with Crippen molar-refractivity contribution in [2.45, 2.75) is 44.4 Å². The second kappa shape index (κ2) is 8.21. The Balaban J connectivity index is 1.26. The van der Waals surface area contributed by atoms with Crippen LogP contribution in [0.4, 0.5) is 4.79 Å². The summed E-state index contributed by atoms with van der Waals surface area (Å²) in [7, 11) is 0. The highest BCUT2D eigenvalue weighted by atomic mass is 16.6. The second-order valence-electron chi connectivity index (χ2n) is 8.83. The fraction of sp³-hybridized carbons (Fsp3) is 0.458. The van der Waals surface area contributed by atoms with Crippen molar-refractivity contribution in [1.82, 2.24) is 14.4 Å². The Morgan fingerprint density at radius 1 is 1.00 bits per heavy atom. The number of hydrogen-bond donors (Lipinski definition) is 0. The Hall–Kier alpha value is -3.09. The molecule has 2 fully saturated rings. The number of carbonyl (C=O) groups is 2. The maximum Gasteiger partial charge on any atom is 0.410 e. The van der Waals surface area contributed by atoms with Crippen LogP contribution in [0.1, 0.15) is 36.4 Å². The van der Waals surface area contributed by atoms with Crippen LogP contribution >= 0.6 is 0 Å². The third-order valence-electron chi connectivity index (χ3n) is 6.77. The van der Waals surface area contributed by atoms with Crippen molar-refractivity contribution in [1.29, 1.82) is 0 Å². The lowest BCUT2D eigenvalue weighted by atomic mass is 9.83. The van der Waals surface area contributed by atoms with E-state index < -0.39 is 12.1 Å². The molecule has 0 N–H and O–H groups in total. The number of piperidine rings is 1. The van der Waals surface area contributed by atoms with Crippen molar-refractivity contribution < 1.29 is 14.3 Å². The van der Waals surface area contributed by atoms with Gasteiger partial charge in [-0.1, -0.05) is 36.4 Å². The van der Waals surface area contributed by atoms with Gasteiger partial charge in [0.25, 0.3) is 5.56 Å². The zero-order chi connectivity index (χ0) is 21.4. The fourth-order valence-corrected chi connectivity index (χ4v) is 5.33. The van der Waals surface area contributed by atoms with Gasteiger partial charge in [0.2, 0.25) is 5.91 Å². The number of amides is 2. The third-order valence-corrected chi connectivity index (χ3v) is 6.77. The number of pyridine rings is 1. The first-order valence-electron chi connectivity index (χ1n) is 11.1. The van der Waals surface area contributed by atoms with Crippen LogP contribution in [0, 0.1) is 5.92 Å². The molecule has 2 saturated heterocycles. The van der Waals surface area contributed by atoms with E-state index in [4.69, 9.17) is 4.74 Å². The lowest BCUT2D eigenvalue weighted by Crippen LogP contribution is -2.54. The molecule has 31 heavy (non-hydrogen) atoms. The SMILES string of the molecule is O=C([C@@H]1CCCN1C(=O)OCc1ccccc1)N1C[C@@H]2C[C@H](C1)c1cccc(=O)n1C2. The molecule has 7 heteroatoms. The zero-order valence-corrected chi connectivity index (χ0v) is 17.5. The topological polar surface area (TPSA) is 71.8 Å². The minimum absolute atomic E-state index is 0.00980. The van der Waals surface area contributed by atoms with E-state index in [0.717, 1.165) is 24.1 Å². The van der Waals surface area contributed by atoms with E-state index in [1.807, 2.05) is 45.9 Å². The van der Waals surface area contributed by atoms with Crippen LogP contribution in [0.15, 0.2) is 53.3 Å². The Kier molecular flexibility index (Phi) is 5.26. The average molecular weight is 421 g/mol. The molecule has 2 aromatic rings. The van der Waals surface area contributed by atoms with Gasteiger partial charge in [-0.15, -0.1) is 0 Å². The zero-order valence-electron chi connectivity index (χ0n) is 17.5. The molecule has 0 spiro atoms. The maximum atomic E-state index is 13.4. The minimum Gasteiger partial charge on any atom is -0.445 e. The number of ether oxygens (including phenoxy) is 1. The Morgan fingerprint density at radius 2 is 1.84 bits per heavy atom. The first-order chi connectivity index (χ1) is 15.1. The first-order valence-corrected chi connectivity index (χ1v) is 11.1. The quantitative estimate of drug-likeness (QED) is 0.764. The van der Waals surface area contributed by atoms with Gasteiger partial charge in [-0.2, -0.15) is 0 Å². The highest BCUT2D eigenvalue weighted by molar-refractivity contribution is 5.86. The second-order valence-corrected chi connectivity index (χ2v) is 8.83. The van der Waals surface area contributed by atoms with Crippen LogP contribution in [0.3, 0.4) is 0 Å². The monoisotopic (exact) mass is 421 g/mol. The molecule has 3 atom stereocenters. The van der Waals surface area contributed by atoms with Crippen LogP contribution < -0.4 is 5.56 Å². The van der Waals surface area contributed by atoms with Gasteiger partial charge >= 0.3 is 6.09 Å². The summed E-state index contributed by atoms with van der Waals surface area (Å²) in [5, 5.41) is 0. The Labute approximate surface area is 181 Å². The molecular weight excluding hydrogens is 394 g/mol. The molecule has 7 nitrogen and oxygen atoms in total. The molecule has 1 aromatic heterocycles. The number of nitrogens with zero attached hydrogens (tertiary/aromatic N) is 3. The van der Waals surface area contributed by atoms with Crippen molar-refractivity contribution in [3.63, 3.8) is 0 Å². The maximum absolute atomic E-state index is 13.4. The summed E-state index contributed by atoms with van der Waals surface area (Å²) < 4.78 is 7.36. The largest absolute Gasteiger partial charge is 0.445 e. The molecule has 0 unspecified atom stereocenters. The Morgan fingerprint density at radius 3 is 2.68 bits per heavy atom.